The number of nitrogen functional groups attached to an aromatic ring is 2. The monoisotopic (exact) mass is 398 g/mol. The molecule has 6 N–H and O–H groups in total. The second-order valence-electron chi connectivity index (χ2n) is 7.62. The van der Waals surface area contributed by atoms with Crippen molar-refractivity contribution in [2.45, 2.75) is 19.1 Å². The molecular formula is C20H30N8O. The predicted octanol–water partition coefficient (Wildman–Crippen LogP) is 1.21. The van der Waals surface area contributed by atoms with Crippen molar-refractivity contribution in [2.24, 2.45) is 5.73 Å². The lowest BCUT2D eigenvalue weighted by Gasteiger charge is -2.39. The molecule has 1 fully saturated rings. The van der Waals surface area contributed by atoms with E-state index in [-0.39, 0.29) is 18.0 Å². The van der Waals surface area contributed by atoms with Gasteiger partial charge >= 0.3 is 0 Å². The third kappa shape index (κ3) is 4.75. The Morgan fingerprint density at radius 3 is 2.72 bits per heavy atom. The van der Waals surface area contributed by atoms with Crippen LogP contribution in [0.25, 0.3) is 11.3 Å². The number of ether oxygens (including phenoxy) is 1. The summed E-state index contributed by atoms with van der Waals surface area (Å²) in [6.45, 7) is 4.38. The average Bonchev–Trinajstić information content (AvgIpc) is 2.68. The summed E-state index contributed by atoms with van der Waals surface area (Å²) in [6.07, 6.45) is 0.114. The topological polar surface area (TPSA) is 129 Å². The molecule has 0 saturated carbocycles. The largest absolute Gasteiger partial charge is 0.398 e. The number of hydrogen-bond acceptors (Lipinski definition) is 8. The zero-order chi connectivity index (χ0) is 21.1. The van der Waals surface area contributed by atoms with E-state index in [0.717, 1.165) is 30.2 Å². The first kappa shape index (κ1) is 20.8. The summed E-state index contributed by atoms with van der Waals surface area (Å²) in [5.41, 5.74) is 14.2. The van der Waals surface area contributed by atoms with E-state index in [2.05, 4.69) is 32.0 Å². The quantitative estimate of drug-likeness (QED) is 0.325. The first-order valence-corrected chi connectivity index (χ1v) is 9.62. The lowest BCUT2D eigenvalue weighted by Crippen LogP contribution is -2.51. The highest BCUT2D eigenvalue weighted by Gasteiger charge is 2.28. The Morgan fingerprint density at radius 2 is 2.10 bits per heavy atom. The first-order chi connectivity index (χ1) is 13.8. The van der Waals surface area contributed by atoms with Gasteiger partial charge in [-0.15, -0.1) is 0 Å². The van der Waals surface area contributed by atoms with E-state index in [9.17, 15) is 0 Å². The molecule has 2 atom stereocenters. The molecule has 29 heavy (non-hydrogen) atoms. The molecule has 1 aromatic heterocycles. The number of morpholine rings is 1. The number of anilines is 3. The van der Waals surface area contributed by atoms with Gasteiger partial charge in [0.05, 0.1) is 24.4 Å². The second-order valence-corrected chi connectivity index (χ2v) is 7.62. The van der Waals surface area contributed by atoms with Crippen molar-refractivity contribution in [2.75, 3.05) is 56.8 Å². The van der Waals surface area contributed by atoms with Crippen molar-refractivity contribution in [3.63, 3.8) is 0 Å². The van der Waals surface area contributed by atoms with Gasteiger partial charge in [-0.2, -0.15) is 4.98 Å². The molecule has 0 radical (unpaired) electrons. The molecule has 2 unspecified atom stereocenters. The van der Waals surface area contributed by atoms with E-state index in [4.69, 9.17) is 21.6 Å². The number of aromatic nitrogens is 2. The predicted molar refractivity (Wildman–Crippen MR) is 118 cm³/mol. The summed E-state index contributed by atoms with van der Waals surface area (Å²) in [4.78, 5) is 13.7. The first-order valence-electron chi connectivity index (χ1n) is 9.62. The van der Waals surface area contributed by atoms with Gasteiger partial charge in [-0.3, -0.25) is 5.41 Å². The summed E-state index contributed by atoms with van der Waals surface area (Å²) in [7, 11) is 5.89. The zero-order valence-corrected chi connectivity index (χ0v) is 17.4. The highest BCUT2D eigenvalue weighted by Crippen LogP contribution is 2.28. The van der Waals surface area contributed by atoms with Crippen molar-refractivity contribution < 1.29 is 4.74 Å². The van der Waals surface area contributed by atoms with E-state index in [1.165, 1.54) is 0 Å². The summed E-state index contributed by atoms with van der Waals surface area (Å²) in [6, 6.07) is 7.58. The molecule has 2 heterocycles. The highest BCUT2D eigenvalue weighted by atomic mass is 16.5. The Balaban J connectivity index is 1.96. The van der Waals surface area contributed by atoms with Crippen LogP contribution >= 0.6 is 0 Å². The molecule has 0 spiro atoms. The van der Waals surface area contributed by atoms with Crippen molar-refractivity contribution in [1.82, 2.24) is 14.9 Å². The third-order valence-electron chi connectivity index (χ3n) is 4.94. The highest BCUT2D eigenvalue weighted by molar-refractivity contribution is 6.00. The van der Waals surface area contributed by atoms with E-state index in [1.54, 1.807) is 19.2 Å². The second kappa shape index (κ2) is 8.62. The van der Waals surface area contributed by atoms with Crippen molar-refractivity contribution in [1.29, 1.82) is 5.41 Å². The third-order valence-corrected chi connectivity index (χ3v) is 4.94. The molecule has 2 aromatic rings. The molecule has 156 valence electrons. The standard InChI is InChI=1S/C20H30N8O/c1-12-11-29-14(9-27(3)4)10-28(12)18-8-17(25-20(24-2)26-18)13-5-6-15(19(22)23)16(21)7-13/h5-8,12,14H,9-11,21H2,1-4H3,(H3,22,23)(H,24,25,26). The van der Waals surface area contributed by atoms with Crippen LogP contribution in [0.4, 0.5) is 17.5 Å². The molecule has 9 heteroatoms. The van der Waals surface area contributed by atoms with Crippen LogP contribution in [0.5, 0.6) is 0 Å². The van der Waals surface area contributed by atoms with Gasteiger partial charge in [-0.25, -0.2) is 4.98 Å². The number of hydrogen-bond donors (Lipinski definition) is 4. The maximum atomic E-state index is 7.61. The van der Waals surface area contributed by atoms with E-state index >= 15 is 0 Å². The fourth-order valence-electron chi connectivity index (χ4n) is 3.46. The van der Waals surface area contributed by atoms with Gasteiger partial charge in [-0.1, -0.05) is 6.07 Å². The Bertz CT molecular complexity index is 885. The van der Waals surface area contributed by atoms with Crippen LogP contribution in [-0.4, -0.2) is 73.7 Å². The lowest BCUT2D eigenvalue weighted by atomic mass is 10.1. The summed E-state index contributed by atoms with van der Waals surface area (Å²) in [5, 5.41) is 10.7. The van der Waals surface area contributed by atoms with Crippen molar-refractivity contribution in [3.05, 3.63) is 29.8 Å². The number of nitrogens with zero attached hydrogens (tertiary/aromatic N) is 4. The van der Waals surface area contributed by atoms with E-state index in [1.807, 2.05) is 26.2 Å². The van der Waals surface area contributed by atoms with Gasteiger partial charge in [0.2, 0.25) is 5.95 Å². The molecule has 9 nitrogen and oxygen atoms in total. The normalized spacial score (nSPS) is 19.4. The summed E-state index contributed by atoms with van der Waals surface area (Å²) >= 11 is 0. The smallest absolute Gasteiger partial charge is 0.224 e. The van der Waals surface area contributed by atoms with Gasteiger partial charge in [0.1, 0.15) is 11.7 Å². The number of nitrogens with one attached hydrogen (secondary N) is 2. The molecule has 0 amide bonds. The minimum absolute atomic E-state index is 0.0533. The van der Waals surface area contributed by atoms with Crippen molar-refractivity contribution in [3.8, 4) is 11.3 Å². The number of rotatable bonds is 6. The maximum Gasteiger partial charge on any atom is 0.224 e. The minimum Gasteiger partial charge on any atom is -0.398 e. The Kier molecular flexibility index (Phi) is 6.19. The molecule has 1 saturated heterocycles. The number of amidine groups is 1. The van der Waals surface area contributed by atoms with Crippen LogP contribution < -0.4 is 21.7 Å². The molecule has 1 aliphatic rings. The Labute approximate surface area is 171 Å². The molecule has 0 bridgehead atoms. The maximum absolute atomic E-state index is 7.61. The van der Waals surface area contributed by atoms with E-state index in [0.29, 0.717) is 23.8 Å². The summed E-state index contributed by atoms with van der Waals surface area (Å²) in [5.74, 6) is 1.32. The number of nitrogens with two attached hydrogens (primary N) is 2. The average molecular weight is 399 g/mol. The zero-order valence-electron chi connectivity index (χ0n) is 17.4. The lowest BCUT2D eigenvalue weighted by molar-refractivity contribution is 0.00851. The molecule has 0 aliphatic carbocycles. The van der Waals surface area contributed by atoms with Gasteiger partial charge < -0.3 is 31.3 Å². The molecule has 3 rings (SSSR count). The van der Waals surface area contributed by atoms with E-state index < -0.39 is 0 Å². The van der Waals surface area contributed by atoms with Gasteiger partial charge in [0.15, 0.2) is 0 Å². The fourth-order valence-corrected chi connectivity index (χ4v) is 3.46. The van der Waals surface area contributed by atoms with Crippen LogP contribution in [0.3, 0.4) is 0 Å². The van der Waals surface area contributed by atoms with Crippen LogP contribution in [0.1, 0.15) is 12.5 Å². The van der Waals surface area contributed by atoms with Crippen LogP contribution in [0, 0.1) is 5.41 Å². The number of benzene rings is 1. The van der Waals surface area contributed by atoms with Gasteiger partial charge in [0.25, 0.3) is 0 Å². The van der Waals surface area contributed by atoms with Gasteiger partial charge in [0, 0.05) is 43.0 Å². The molecular weight excluding hydrogens is 368 g/mol. The van der Waals surface area contributed by atoms with Crippen LogP contribution in [0.15, 0.2) is 24.3 Å². The number of likely N-dealkylation sites (N-methyl/N-ethyl adjacent to an activating group) is 1. The molecule has 1 aromatic carbocycles. The van der Waals surface area contributed by atoms with Crippen molar-refractivity contribution >= 4 is 23.3 Å². The summed E-state index contributed by atoms with van der Waals surface area (Å²) < 4.78 is 5.98. The minimum atomic E-state index is -0.0533. The van der Waals surface area contributed by atoms with Crippen LogP contribution in [-0.2, 0) is 4.74 Å². The Morgan fingerprint density at radius 1 is 1.34 bits per heavy atom. The van der Waals surface area contributed by atoms with Gasteiger partial charge in [-0.05, 0) is 33.2 Å². The van der Waals surface area contributed by atoms with Crippen LogP contribution in [0.2, 0.25) is 0 Å². The fraction of sp³-hybridized carbons (Fsp3) is 0.450. The SMILES string of the molecule is CNc1nc(-c2ccc(C(=N)N)c(N)c2)cc(N2CC(CN(C)C)OCC2C)n1. The molecule has 1 aliphatic heterocycles. The Hall–Kier alpha value is -2.91.